The van der Waals surface area contributed by atoms with E-state index in [9.17, 15) is 4.57 Å². The van der Waals surface area contributed by atoms with E-state index < -0.39 is 12.6 Å². The first-order valence-corrected chi connectivity index (χ1v) is 3.96. The van der Waals surface area contributed by atoms with Crippen molar-refractivity contribution in [3.05, 3.63) is 0 Å². The minimum absolute atomic E-state index is 0.551. The molecule has 0 aromatic rings. The SMILES string of the molecule is COC1(Cl)C[PH]1=O. The minimum Gasteiger partial charge on any atom is -0.356 e. The number of rotatable bonds is 1. The highest BCUT2D eigenvalue weighted by Crippen LogP contribution is 2.61. The van der Waals surface area contributed by atoms with E-state index in [1.165, 1.54) is 7.11 Å². The van der Waals surface area contributed by atoms with Gasteiger partial charge in [0, 0.05) is 7.11 Å². The van der Waals surface area contributed by atoms with Crippen molar-refractivity contribution in [2.45, 2.75) is 4.80 Å². The number of halogens is 1. The predicted octanol–water partition coefficient (Wildman–Crippen LogP) is 1.10. The van der Waals surface area contributed by atoms with Crippen LogP contribution >= 0.6 is 19.4 Å². The lowest BCUT2D eigenvalue weighted by Crippen LogP contribution is -1.98. The molecule has 2 unspecified atom stereocenters. The van der Waals surface area contributed by atoms with E-state index in [0.717, 1.165) is 0 Å². The van der Waals surface area contributed by atoms with Crippen molar-refractivity contribution in [2.24, 2.45) is 0 Å². The third-order valence-electron chi connectivity index (χ3n) is 1.00. The molecule has 0 aliphatic carbocycles. The molecule has 0 saturated carbocycles. The first kappa shape index (κ1) is 5.61. The molecule has 0 spiro atoms. The van der Waals surface area contributed by atoms with Crippen molar-refractivity contribution in [2.75, 3.05) is 13.3 Å². The Kier molecular flexibility index (Phi) is 1.18. The van der Waals surface area contributed by atoms with Crippen LogP contribution in [0.25, 0.3) is 0 Å². The molecule has 0 radical (unpaired) electrons. The molecule has 7 heavy (non-hydrogen) atoms. The highest BCUT2D eigenvalue weighted by molar-refractivity contribution is 7.57. The molecule has 42 valence electrons. The molecule has 1 rings (SSSR count). The molecule has 1 heterocycles. The summed E-state index contributed by atoms with van der Waals surface area (Å²) < 4.78 is 15.0. The summed E-state index contributed by atoms with van der Waals surface area (Å²) >= 11 is 5.49. The molecule has 1 aliphatic rings. The van der Waals surface area contributed by atoms with Crippen molar-refractivity contribution >= 4 is 19.4 Å². The van der Waals surface area contributed by atoms with Crippen LogP contribution in [0, 0.1) is 0 Å². The van der Waals surface area contributed by atoms with Gasteiger partial charge < -0.3 is 9.30 Å². The van der Waals surface area contributed by atoms with Crippen LogP contribution in [0.5, 0.6) is 0 Å². The van der Waals surface area contributed by atoms with Crippen LogP contribution in [0.15, 0.2) is 0 Å². The fraction of sp³-hybridized carbons (Fsp3) is 1.00. The zero-order chi connectivity index (χ0) is 5.49. The molecule has 0 aromatic heterocycles. The highest BCUT2D eigenvalue weighted by atomic mass is 35.5. The third kappa shape index (κ3) is 0.835. The second-order valence-electron chi connectivity index (χ2n) is 1.53. The van der Waals surface area contributed by atoms with E-state index >= 15 is 0 Å². The van der Waals surface area contributed by atoms with Gasteiger partial charge in [-0.1, -0.05) is 11.6 Å². The molecule has 4 heteroatoms. The molecule has 2 nitrogen and oxygen atoms in total. The first-order chi connectivity index (χ1) is 3.19. The van der Waals surface area contributed by atoms with Gasteiger partial charge in [0.05, 0.1) is 6.16 Å². The summed E-state index contributed by atoms with van der Waals surface area (Å²) in [5, 5.41) is 0. The smallest absolute Gasteiger partial charge is 0.198 e. The Hall–Kier alpha value is 0.480. The van der Waals surface area contributed by atoms with Crippen LogP contribution in [0.3, 0.4) is 0 Å². The van der Waals surface area contributed by atoms with Gasteiger partial charge in [-0.3, -0.25) is 0 Å². The maximum absolute atomic E-state index is 10.4. The molecular weight excluding hydrogens is 134 g/mol. The molecule has 0 aromatic carbocycles. The van der Waals surface area contributed by atoms with Crippen LogP contribution < -0.4 is 0 Å². The van der Waals surface area contributed by atoms with E-state index in [0.29, 0.717) is 6.16 Å². The van der Waals surface area contributed by atoms with Crippen LogP contribution in [0.4, 0.5) is 0 Å². The average Bonchev–Trinajstić information content (AvgIpc) is 2.18. The van der Waals surface area contributed by atoms with Crippen molar-refractivity contribution in [3.63, 3.8) is 0 Å². The molecule has 1 aliphatic heterocycles. The van der Waals surface area contributed by atoms with Gasteiger partial charge in [0.1, 0.15) is 7.80 Å². The third-order valence-corrected chi connectivity index (χ3v) is 3.75. The topological polar surface area (TPSA) is 26.3 Å². The van der Waals surface area contributed by atoms with Crippen molar-refractivity contribution in [3.8, 4) is 0 Å². The second-order valence-corrected chi connectivity index (χ2v) is 4.47. The molecule has 0 amide bonds. The zero-order valence-corrected chi connectivity index (χ0v) is 5.66. The summed E-state index contributed by atoms with van der Waals surface area (Å²) in [6, 6.07) is 0. The molecule has 1 saturated heterocycles. The van der Waals surface area contributed by atoms with Gasteiger partial charge in [-0.25, -0.2) is 0 Å². The lowest BCUT2D eigenvalue weighted by molar-refractivity contribution is 0.177. The summed E-state index contributed by atoms with van der Waals surface area (Å²) in [4.78, 5) is -0.731. The second kappa shape index (κ2) is 1.48. The van der Waals surface area contributed by atoms with Crippen LogP contribution in [-0.2, 0) is 9.30 Å². The van der Waals surface area contributed by atoms with Crippen molar-refractivity contribution in [1.29, 1.82) is 0 Å². The van der Waals surface area contributed by atoms with Gasteiger partial charge in [-0.05, 0) is 0 Å². The lowest BCUT2D eigenvalue weighted by Gasteiger charge is -1.95. The summed E-state index contributed by atoms with van der Waals surface area (Å²) in [7, 11) is -0.0494. The Morgan fingerprint density at radius 1 is 2.00 bits per heavy atom. The van der Waals surface area contributed by atoms with Crippen LogP contribution in [0.2, 0.25) is 0 Å². The van der Waals surface area contributed by atoms with Crippen molar-refractivity contribution < 1.29 is 9.30 Å². The minimum atomic E-state index is -1.52. The quantitative estimate of drug-likeness (QED) is 0.403. The van der Waals surface area contributed by atoms with Gasteiger partial charge in [0.2, 0.25) is 0 Å². The number of hydrogen-bond acceptors (Lipinski definition) is 2. The fourth-order valence-corrected chi connectivity index (χ4v) is 1.63. The fourth-order valence-electron chi connectivity index (χ4n) is 0.348. The van der Waals surface area contributed by atoms with Gasteiger partial charge >= 0.3 is 0 Å². The molecule has 2 atom stereocenters. The predicted molar refractivity (Wildman–Crippen MR) is 29.5 cm³/mol. The summed E-state index contributed by atoms with van der Waals surface area (Å²) in [6.45, 7) is 0. The maximum atomic E-state index is 10.4. The van der Waals surface area contributed by atoms with E-state index in [4.69, 9.17) is 11.6 Å². The van der Waals surface area contributed by atoms with Crippen molar-refractivity contribution in [1.82, 2.24) is 0 Å². The molecule has 1 fully saturated rings. The summed E-state index contributed by atoms with van der Waals surface area (Å²) in [5.41, 5.74) is 0. The Morgan fingerprint density at radius 2 is 2.43 bits per heavy atom. The number of alkyl halides is 1. The van der Waals surface area contributed by atoms with E-state index in [2.05, 4.69) is 4.74 Å². The Labute approximate surface area is 47.6 Å². The zero-order valence-electron chi connectivity index (χ0n) is 3.90. The van der Waals surface area contributed by atoms with Crippen LogP contribution in [-0.4, -0.2) is 18.1 Å². The molecular formula is C3H6ClO2P. The number of ether oxygens (including phenoxy) is 1. The van der Waals surface area contributed by atoms with E-state index in [1.54, 1.807) is 0 Å². The normalized spacial score (nSPS) is 49.1. The Bertz CT molecular complexity index is 116. The van der Waals surface area contributed by atoms with E-state index in [-0.39, 0.29) is 0 Å². The van der Waals surface area contributed by atoms with Crippen LogP contribution in [0.1, 0.15) is 0 Å². The Morgan fingerprint density at radius 3 is 2.43 bits per heavy atom. The number of methoxy groups -OCH3 is 1. The van der Waals surface area contributed by atoms with Gasteiger partial charge in [-0.2, -0.15) is 0 Å². The first-order valence-electron chi connectivity index (χ1n) is 1.96. The average molecular weight is 141 g/mol. The van der Waals surface area contributed by atoms with Gasteiger partial charge in [-0.15, -0.1) is 0 Å². The van der Waals surface area contributed by atoms with Gasteiger partial charge in [0.25, 0.3) is 0 Å². The summed E-state index contributed by atoms with van der Waals surface area (Å²) in [6.07, 6.45) is 0.551. The van der Waals surface area contributed by atoms with Gasteiger partial charge in [0.15, 0.2) is 4.80 Å². The molecule has 0 bridgehead atoms. The largest absolute Gasteiger partial charge is 0.356 e. The lowest BCUT2D eigenvalue weighted by atomic mass is 10.9. The monoisotopic (exact) mass is 140 g/mol. The molecule has 0 N–H and O–H groups in total. The highest BCUT2D eigenvalue weighted by Gasteiger charge is 2.51. The summed E-state index contributed by atoms with van der Waals surface area (Å²) in [5.74, 6) is 0. The maximum Gasteiger partial charge on any atom is 0.198 e. The standard InChI is InChI=1S/C3H6ClO2P/c1-6-3(4)2-7(3)5/h7H,2H2,1H3. The Balaban J connectivity index is 2.52. The number of hydrogen-bond donors (Lipinski definition) is 0. The van der Waals surface area contributed by atoms with E-state index in [1.807, 2.05) is 0 Å².